The summed E-state index contributed by atoms with van der Waals surface area (Å²) >= 11 is 6.31. The average molecular weight is 874 g/mol. The van der Waals surface area contributed by atoms with Crippen LogP contribution >= 0.6 is 11.6 Å². The number of hydrogen-bond donors (Lipinski definition) is 1. The van der Waals surface area contributed by atoms with Crippen LogP contribution in [0.4, 0.5) is 5.95 Å². The Kier molecular flexibility index (Phi) is 13.3. The number of piperidine rings is 1. The number of anilines is 1. The van der Waals surface area contributed by atoms with Crippen LogP contribution in [0.3, 0.4) is 0 Å². The number of benzene rings is 3. The quantitative estimate of drug-likeness (QED) is 0.131. The molecule has 3 aromatic carbocycles. The Morgan fingerprint density at radius 3 is 2.43 bits per heavy atom. The number of nitrogens with one attached hydrogen (secondary N) is 1. The molecule has 63 heavy (non-hydrogen) atoms. The van der Waals surface area contributed by atoms with Gasteiger partial charge in [-0.25, -0.2) is 14.8 Å². The number of aromatic nitrogens is 4. The van der Waals surface area contributed by atoms with E-state index in [1.807, 2.05) is 62.6 Å². The second-order valence-electron chi connectivity index (χ2n) is 17.8. The van der Waals surface area contributed by atoms with Crippen molar-refractivity contribution in [2.45, 2.75) is 83.1 Å². The van der Waals surface area contributed by atoms with Gasteiger partial charge in [0.2, 0.25) is 18.3 Å². The van der Waals surface area contributed by atoms with Gasteiger partial charge < -0.3 is 9.64 Å². The van der Waals surface area contributed by atoms with E-state index in [0.717, 1.165) is 104 Å². The number of carbonyl (C=O) groups excluding carboxylic acids is 2. The first kappa shape index (κ1) is 44.0. The Labute approximate surface area is 374 Å². The highest BCUT2D eigenvalue weighted by molar-refractivity contribution is 6.30. The Morgan fingerprint density at radius 2 is 1.71 bits per heavy atom. The van der Waals surface area contributed by atoms with Crippen LogP contribution in [0, 0.1) is 11.3 Å². The van der Waals surface area contributed by atoms with E-state index in [0.29, 0.717) is 42.1 Å². The summed E-state index contributed by atoms with van der Waals surface area (Å²) < 4.78 is 9.67. The highest BCUT2D eigenvalue weighted by Gasteiger charge is 2.36. The first-order valence-electron chi connectivity index (χ1n) is 22.1. The number of halogens is 1. The molecule has 1 atom stereocenters. The van der Waals surface area contributed by atoms with Gasteiger partial charge in [-0.05, 0) is 85.3 Å². The first-order chi connectivity index (χ1) is 30.4. The number of fused-ring (bicyclic) bond motifs is 1. The summed E-state index contributed by atoms with van der Waals surface area (Å²) in [6, 6.07) is 24.7. The maximum Gasteiger partial charge on any atom is 0.329 e. The van der Waals surface area contributed by atoms with E-state index in [1.165, 1.54) is 12.8 Å². The Bertz CT molecular complexity index is 2530. The van der Waals surface area contributed by atoms with Gasteiger partial charge >= 0.3 is 5.69 Å². The molecule has 14 nitrogen and oxygen atoms in total. The number of hydrogen-bond acceptors (Lipinski definition) is 11. The molecule has 3 aliphatic rings. The fourth-order valence-electron chi connectivity index (χ4n) is 9.65. The Hall–Kier alpha value is -5.59. The molecule has 330 valence electrons. The molecule has 0 spiro atoms. The lowest BCUT2D eigenvalue weighted by molar-refractivity contribution is -0.125. The second-order valence-corrected chi connectivity index (χ2v) is 18.3. The number of nitrogens with zero attached hydrogens (tertiary/aromatic N) is 9. The molecule has 3 fully saturated rings. The van der Waals surface area contributed by atoms with Crippen LogP contribution in [0.5, 0.6) is 5.75 Å². The zero-order valence-electron chi connectivity index (χ0n) is 36.7. The molecule has 2 aromatic heterocycles. The molecule has 5 aromatic rings. The maximum absolute atomic E-state index is 13.4. The lowest BCUT2D eigenvalue weighted by Crippen LogP contribution is -2.62. The molecule has 2 amide bonds. The summed E-state index contributed by atoms with van der Waals surface area (Å²) in [4.78, 5) is 55.5. The minimum Gasteiger partial charge on any atom is -0.487 e. The molecule has 8 rings (SSSR count). The van der Waals surface area contributed by atoms with E-state index < -0.39 is 0 Å². The lowest BCUT2D eigenvalue weighted by atomic mass is 9.78. The number of piperazine rings is 1. The van der Waals surface area contributed by atoms with Gasteiger partial charge in [0.25, 0.3) is 0 Å². The molecule has 3 saturated heterocycles. The van der Waals surface area contributed by atoms with E-state index in [4.69, 9.17) is 21.3 Å². The number of likely N-dealkylation sites (tertiary alicyclic amines) is 2. The predicted molar refractivity (Wildman–Crippen MR) is 244 cm³/mol. The number of imidazole rings is 1. The SMILES string of the molecule is CC(CCC(=O)NC=O)n1c(=O)n(C)c2c(CN3CC(N4CCC(N5CCN(c6nccc(COc7ccc(C(C)(C)c8cc(Cl)cc(C#N)c8)cc7)n6)CC5)CC4)C3)cccc21. The predicted octanol–water partition coefficient (Wildman–Crippen LogP) is 5.64. The second kappa shape index (κ2) is 19.0. The molecular formula is C48H57ClN10O4. The van der Waals surface area contributed by atoms with Gasteiger partial charge in [0.15, 0.2) is 0 Å². The third-order valence-electron chi connectivity index (χ3n) is 13.5. The molecule has 0 bridgehead atoms. The monoisotopic (exact) mass is 872 g/mol. The van der Waals surface area contributed by atoms with Crippen LogP contribution in [0.15, 0.2) is 77.7 Å². The van der Waals surface area contributed by atoms with Gasteiger partial charge in [-0.2, -0.15) is 5.26 Å². The summed E-state index contributed by atoms with van der Waals surface area (Å²) in [5.41, 5.74) is 5.97. The van der Waals surface area contributed by atoms with Gasteiger partial charge in [0.05, 0.1) is 28.4 Å². The minimum absolute atomic E-state index is 0.0937. The van der Waals surface area contributed by atoms with Gasteiger partial charge in [-0.15, -0.1) is 0 Å². The van der Waals surface area contributed by atoms with Crippen molar-refractivity contribution in [3.63, 3.8) is 0 Å². The largest absolute Gasteiger partial charge is 0.487 e. The van der Waals surface area contributed by atoms with Gasteiger partial charge in [-0.3, -0.25) is 38.7 Å². The van der Waals surface area contributed by atoms with Gasteiger partial charge in [0.1, 0.15) is 12.4 Å². The fraction of sp³-hybridized carbons (Fsp3) is 0.458. The van der Waals surface area contributed by atoms with Crippen molar-refractivity contribution >= 4 is 40.9 Å². The normalized spacial score (nSPS) is 17.6. The van der Waals surface area contributed by atoms with Crippen molar-refractivity contribution in [2.24, 2.45) is 7.05 Å². The van der Waals surface area contributed by atoms with Gasteiger partial charge in [-0.1, -0.05) is 49.7 Å². The molecule has 15 heteroatoms. The van der Waals surface area contributed by atoms with Crippen molar-refractivity contribution in [3.8, 4) is 11.8 Å². The molecule has 0 saturated carbocycles. The molecule has 3 aliphatic heterocycles. The Morgan fingerprint density at radius 1 is 0.984 bits per heavy atom. The molecule has 1 unspecified atom stereocenters. The minimum atomic E-state index is -0.346. The van der Waals surface area contributed by atoms with Crippen LogP contribution in [-0.2, 0) is 35.2 Å². The summed E-state index contributed by atoms with van der Waals surface area (Å²) in [5, 5.41) is 12.2. The van der Waals surface area contributed by atoms with Crippen molar-refractivity contribution in [3.05, 3.63) is 116 Å². The van der Waals surface area contributed by atoms with Gasteiger partial charge in [0, 0.05) is 107 Å². The number of aryl methyl sites for hydroxylation is 1. The topological polar surface area (TPSA) is 145 Å². The summed E-state index contributed by atoms with van der Waals surface area (Å²) in [7, 11) is 1.82. The van der Waals surface area contributed by atoms with Crippen LogP contribution in [-0.4, -0.2) is 111 Å². The van der Waals surface area contributed by atoms with E-state index in [9.17, 15) is 19.6 Å². The smallest absolute Gasteiger partial charge is 0.329 e. The molecular weight excluding hydrogens is 816 g/mol. The first-order valence-corrected chi connectivity index (χ1v) is 22.4. The highest BCUT2D eigenvalue weighted by Crippen LogP contribution is 2.35. The number of amides is 2. The maximum atomic E-state index is 13.4. The summed E-state index contributed by atoms with van der Waals surface area (Å²) in [6.45, 7) is 15.3. The zero-order valence-corrected chi connectivity index (χ0v) is 37.4. The van der Waals surface area contributed by atoms with Crippen molar-refractivity contribution in [1.29, 1.82) is 5.26 Å². The van der Waals surface area contributed by atoms with E-state index >= 15 is 0 Å². The number of rotatable bonds is 15. The average Bonchev–Trinajstić information content (AvgIpc) is 3.55. The van der Waals surface area contributed by atoms with Crippen molar-refractivity contribution in [1.82, 2.24) is 39.1 Å². The third-order valence-corrected chi connectivity index (χ3v) is 13.7. The Balaban J connectivity index is 0.774. The summed E-state index contributed by atoms with van der Waals surface area (Å²) in [6.07, 6.45) is 5.20. The molecule has 5 heterocycles. The number of para-hydroxylation sites is 1. The van der Waals surface area contributed by atoms with Crippen LogP contribution in [0.1, 0.15) is 80.4 Å². The molecule has 0 radical (unpaired) electrons. The van der Waals surface area contributed by atoms with Crippen LogP contribution in [0.2, 0.25) is 5.02 Å². The van der Waals surface area contributed by atoms with Crippen LogP contribution < -0.4 is 20.6 Å². The standard InChI is InChI=1S/C48H57ClN10O4/c1-33(8-13-44(61)52-32-60)59-43-7-5-6-35(45(43)54(4)47(59)62)28-55-29-41(30-55)56-18-15-40(16-19-56)57-20-22-58(23-21-57)46-51-17-14-39(53-46)31-63-42-11-9-36(10-12-42)48(2,3)37-24-34(27-50)25-38(49)26-37/h5-7,9-12,14,17,24-26,32-33,40-41H,8,13,15-16,18-23,28-31H2,1-4H3,(H,52,60,61). The van der Waals surface area contributed by atoms with E-state index in [2.05, 4.69) is 68.0 Å². The number of ether oxygens (including phenoxy) is 1. The van der Waals surface area contributed by atoms with E-state index in [1.54, 1.807) is 15.2 Å². The highest BCUT2D eigenvalue weighted by atomic mass is 35.5. The lowest BCUT2D eigenvalue weighted by Gasteiger charge is -2.49. The summed E-state index contributed by atoms with van der Waals surface area (Å²) in [5.74, 6) is 1.17. The third kappa shape index (κ3) is 9.67. The van der Waals surface area contributed by atoms with Crippen molar-refractivity contribution in [2.75, 3.05) is 57.3 Å². The number of carbonyl (C=O) groups is 2. The molecule has 1 N–H and O–H groups in total. The van der Waals surface area contributed by atoms with E-state index in [-0.39, 0.29) is 29.5 Å². The van der Waals surface area contributed by atoms with Crippen LogP contribution in [0.25, 0.3) is 11.0 Å². The number of imide groups is 1. The van der Waals surface area contributed by atoms with Crippen molar-refractivity contribution < 1.29 is 14.3 Å². The zero-order chi connectivity index (χ0) is 44.3. The fourth-order valence-corrected chi connectivity index (χ4v) is 9.89. The molecule has 0 aliphatic carbocycles. The number of nitriles is 1.